The second kappa shape index (κ2) is 11.1. The molecule has 2 unspecified atom stereocenters. The molecule has 1 saturated heterocycles. The van der Waals surface area contributed by atoms with Gasteiger partial charge in [0.25, 0.3) is 5.90 Å². The van der Waals surface area contributed by atoms with Gasteiger partial charge in [-0.15, -0.1) is 0 Å². The van der Waals surface area contributed by atoms with E-state index in [0.717, 1.165) is 36.2 Å². The maximum atomic E-state index is 10.4. The van der Waals surface area contributed by atoms with Crippen molar-refractivity contribution in [1.82, 2.24) is 10.3 Å². The van der Waals surface area contributed by atoms with Gasteiger partial charge in [-0.05, 0) is 47.2 Å². The highest BCUT2D eigenvalue weighted by molar-refractivity contribution is 5.95. The highest BCUT2D eigenvalue weighted by atomic mass is 16.6. The summed E-state index contributed by atoms with van der Waals surface area (Å²) in [6, 6.07) is 10.0. The van der Waals surface area contributed by atoms with E-state index in [1.54, 1.807) is 18.5 Å². The van der Waals surface area contributed by atoms with Gasteiger partial charge in [0.15, 0.2) is 0 Å². The Morgan fingerprint density at radius 3 is 3.06 bits per heavy atom. The van der Waals surface area contributed by atoms with Crippen molar-refractivity contribution >= 4 is 11.6 Å². The van der Waals surface area contributed by atoms with E-state index in [9.17, 15) is 10.3 Å². The second-order valence-corrected chi connectivity index (χ2v) is 7.88. The molecule has 8 heteroatoms. The standard InChI is InChI=1S/C24H29N3O5/c28-23(19-2-1-8-25-14-19)6-4-17-3-5-21-18(12-17)7-9-26-22(21)13-24(27-29)32-16-20-15-30-10-11-31-20/h1-3,5,8,12-14,20,23,26,28-29H,4,6-7,9-11,15-16H2/b22-13-,27-24+. The Morgan fingerprint density at radius 2 is 2.28 bits per heavy atom. The van der Waals surface area contributed by atoms with E-state index in [-0.39, 0.29) is 18.6 Å². The lowest BCUT2D eigenvalue weighted by atomic mass is 9.93. The van der Waals surface area contributed by atoms with Gasteiger partial charge in [0.05, 0.1) is 25.9 Å². The zero-order chi connectivity index (χ0) is 22.2. The van der Waals surface area contributed by atoms with Crippen LogP contribution in [0.5, 0.6) is 0 Å². The van der Waals surface area contributed by atoms with Crippen LogP contribution in [0.2, 0.25) is 0 Å². The summed E-state index contributed by atoms with van der Waals surface area (Å²) in [5.41, 5.74) is 5.12. The average Bonchev–Trinajstić information content (AvgIpc) is 2.86. The molecule has 2 aliphatic heterocycles. The van der Waals surface area contributed by atoms with E-state index in [1.165, 1.54) is 11.1 Å². The minimum atomic E-state index is -0.532. The number of fused-ring (bicyclic) bond motifs is 1. The number of hydrogen-bond acceptors (Lipinski definition) is 8. The molecule has 2 aromatic rings. The van der Waals surface area contributed by atoms with E-state index in [0.29, 0.717) is 26.2 Å². The number of oxime groups is 1. The van der Waals surface area contributed by atoms with Crippen LogP contribution in [0.15, 0.2) is 54.0 Å². The molecule has 0 amide bonds. The second-order valence-electron chi connectivity index (χ2n) is 7.88. The number of ether oxygens (including phenoxy) is 3. The summed E-state index contributed by atoms with van der Waals surface area (Å²) in [5.74, 6) is 0.123. The summed E-state index contributed by atoms with van der Waals surface area (Å²) in [7, 11) is 0. The van der Waals surface area contributed by atoms with Gasteiger partial charge in [-0.25, -0.2) is 0 Å². The van der Waals surface area contributed by atoms with Crippen LogP contribution in [0, 0.1) is 0 Å². The fourth-order valence-electron chi connectivity index (χ4n) is 3.91. The third-order valence-electron chi connectivity index (χ3n) is 5.61. The molecular weight excluding hydrogens is 410 g/mol. The number of nitrogens with one attached hydrogen (secondary N) is 1. The minimum absolute atomic E-state index is 0.123. The number of pyridine rings is 1. The predicted octanol–water partition coefficient (Wildman–Crippen LogP) is 2.45. The van der Waals surface area contributed by atoms with Crippen LogP contribution in [-0.4, -0.2) is 60.3 Å². The van der Waals surface area contributed by atoms with Crippen molar-refractivity contribution in [2.24, 2.45) is 5.16 Å². The molecule has 4 rings (SSSR count). The van der Waals surface area contributed by atoms with Gasteiger partial charge in [-0.2, -0.15) is 0 Å². The molecule has 1 aromatic carbocycles. The smallest absolute Gasteiger partial charge is 0.252 e. The normalized spacial score (nSPS) is 21.0. The third-order valence-corrected chi connectivity index (χ3v) is 5.61. The molecule has 2 aliphatic rings. The highest BCUT2D eigenvalue weighted by Gasteiger charge is 2.18. The van der Waals surface area contributed by atoms with E-state index < -0.39 is 6.10 Å². The first-order chi connectivity index (χ1) is 15.7. The van der Waals surface area contributed by atoms with Crippen LogP contribution in [0.4, 0.5) is 0 Å². The van der Waals surface area contributed by atoms with Gasteiger partial charge < -0.3 is 29.8 Å². The lowest BCUT2D eigenvalue weighted by Crippen LogP contribution is -2.33. The van der Waals surface area contributed by atoms with E-state index in [4.69, 9.17) is 14.2 Å². The van der Waals surface area contributed by atoms with Crippen LogP contribution >= 0.6 is 0 Å². The zero-order valence-electron chi connectivity index (χ0n) is 17.9. The summed E-state index contributed by atoms with van der Waals surface area (Å²) < 4.78 is 16.5. The van der Waals surface area contributed by atoms with Crippen LogP contribution in [0.3, 0.4) is 0 Å². The molecule has 8 nitrogen and oxygen atoms in total. The van der Waals surface area contributed by atoms with Crippen LogP contribution in [0.1, 0.15) is 34.8 Å². The SMILES string of the molecule is O/N=C(\C=C1/NCCc2cc(CCC(O)c3cccnc3)ccc21)OCC1COCCO1. The third kappa shape index (κ3) is 5.85. The van der Waals surface area contributed by atoms with E-state index in [1.807, 2.05) is 12.1 Å². The Labute approximate surface area is 187 Å². The number of hydrogen-bond donors (Lipinski definition) is 3. The van der Waals surface area contributed by atoms with Crippen LogP contribution in [-0.2, 0) is 27.1 Å². The number of aliphatic hydroxyl groups excluding tert-OH is 1. The quantitative estimate of drug-likeness (QED) is 0.263. The first-order valence-corrected chi connectivity index (χ1v) is 10.9. The molecule has 170 valence electrons. The van der Waals surface area contributed by atoms with Crippen molar-refractivity contribution in [2.45, 2.75) is 31.5 Å². The summed E-state index contributed by atoms with van der Waals surface area (Å²) in [4.78, 5) is 4.07. The Balaban J connectivity index is 1.39. The van der Waals surface area contributed by atoms with Crippen molar-refractivity contribution in [2.75, 3.05) is 33.0 Å². The lowest BCUT2D eigenvalue weighted by molar-refractivity contribution is -0.103. The van der Waals surface area contributed by atoms with Gasteiger partial charge in [-0.3, -0.25) is 4.98 Å². The monoisotopic (exact) mass is 439 g/mol. The Kier molecular flexibility index (Phi) is 7.71. The molecule has 0 radical (unpaired) electrons. The first-order valence-electron chi connectivity index (χ1n) is 10.9. The molecule has 0 saturated carbocycles. The molecule has 32 heavy (non-hydrogen) atoms. The summed E-state index contributed by atoms with van der Waals surface area (Å²) in [6.07, 6.45) is 6.70. The fraction of sp³-hybridized carbons (Fsp3) is 0.417. The zero-order valence-corrected chi connectivity index (χ0v) is 17.9. The molecule has 0 bridgehead atoms. The fourth-order valence-corrected chi connectivity index (χ4v) is 3.91. The topological polar surface area (TPSA) is 105 Å². The highest BCUT2D eigenvalue weighted by Crippen LogP contribution is 2.25. The molecule has 0 aliphatic carbocycles. The molecule has 2 atom stereocenters. The number of aliphatic hydroxyl groups is 1. The Morgan fingerprint density at radius 1 is 1.34 bits per heavy atom. The van der Waals surface area contributed by atoms with E-state index >= 15 is 0 Å². The predicted molar refractivity (Wildman–Crippen MR) is 119 cm³/mol. The molecule has 1 fully saturated rings. The lowest BCUT2D eigenvalue weighted by Gasteiger charge is -2.24. The number of rotatable bonds is 7. The summed E-state index contributed by atoms with van der Waals surface area (Å²) in [5, 5.41) is 26.4. The van der Waals surface area contributed by atoms with Crippen LogP contribution < -0.4 is 5.32 Å². The van der Waals surface area contributed by atoms with E-state index in [2.05, 4.69) is 33.7 Å². The van der Waals surface area contributed by atoms with Crippen molar-refractivity contribution in [3.63, 3.8) is 0 Å². The molecule has 1 aromatic heterocycles. The van der Waals surface area contributed by atoms with Crippen molar-refractivity contribution < 1.29 is 24.5 Å². The van der Waals surface area contributed by atoms with Gasteiger partial charge in [-0.1, -0.05) is 24.3 Å². The molecule has 0 spiro atoms. The average molecular weight is 440 g/mol. The van der Waals surface area contributed by atoms with Gasteiger partial charge in [0, 0.05) is 36.3 Å². The summed E-state index contributed by atoms with van der Waals surface area (Å²) >= 11 is 0. The number of nitrogens with zero attached hydrogens (tertiary/aromatic N) is 2. The first kappa shape index (κ1) is 22.3. The van der Waals surface area contributed by atoms with Gasteiger partial charge in [0.2, 0.25) is 0 Å². The molecule has 3 N–H and O–H groups in total. The van der Waals surface area contributed by atoms with Crippen molar-refractivity contribution in [3.8, 4) is 0 Å². The largest absolute Gasteiger partial charge is 0.473 e. The summed E-state index contributed by atoms with van der Waals surface area (Å²) in [6.45, 7) is 2.63. The van der Waals surface area contributed by atoms with Gasteiger partial charge >= 0.3 is 0 Å². The molecular formula is C24H29N3O5. The number of aromatic nitrogens is 1. The maximum absolute atomic E-state index is 10.4. The maximum Gasteiger partial charge on any atom is 0.252 e. The Hall–Kier alpha value is -2.94. The van der Waals surface area contributed by atoms with Crippen LogP contribution in [0.25, 0.3) is 5.70 Å². The number of benzene rings is 1. The minimum Gasteiger partial charge on any atom is -0.473 e. The number of aryl methyl sites for hydroxylation is 1. The van der Waals surface area contributed by atoms with Crippen molar-refractivity contribution in [3.05, 3.63) is 71.1 Å². The molecule has 3 heterocycles. The van der Waals surface area contributed by atoms with Gasteiger partial charge in [0.1, 0.15) is 12.7 Å². The Bertz CT molecular complexity index is 942. The van der Waals surface area contributed by atoms with Crippen molar-refractivity contribution in [1.29, 1.82) is 0 Å².